The molecule has 236 valence electrons. The van der Waals surface area contributed by atoms with Gasteiger partial charge < -0.3 is 4.90 Å². The topological polar surface area (TPSA) is 3.24 Å². The minimum atomic E-state index is -0.0972. The third-order valence-corrected chi connectivity index (χ3v) is 11.0. The summed E-state index contributed by atoms with van der Waals surface area (Å²) in [6.45, 7) is 4.72. The predicted octanol–water partition coefficient (Wildman–Crippen LogP) is 13.7. The molecule has 1 aliphatic rings. The molecule has 0 N–H and O–H groups in total. The molecule has 0 amide bonds. The Hall–Kier alpha value is -6.18. The summed E-state index contributed by atoms with van der Waals surface area (Å²) in [4.78, 5) is 2.51. The van der Waals surface area contributed by atoms with Crippen LogP contribution in [-0.2, 0) is 5.41 Å². The summed E-state index contributed by atoms with van der Waals surface area (Å²) in [5.41, 5.74) is 11.3. The van der Waals surface area contributed by atoms with Crippen molar-refractivity contribution in [1.29, 1.82) is 0 Å². The Balaban J connectivity index is 1.24. The standard InChI is InChI=1S/C49H35N/c1-49(2)44-23-12-11-22-42(44)48-45(49)24-13-25-46(48)50(47-31-34-15-4-6-17-37(34)39-19-9-10-21-41(39)47)35-28-26-32(27-29-35)43-30-33-14-3-5-16-36(33)38-18-7-8-20-40(38)43/h3-31H,1-2H3. The number of nitrogens with zero attached hydrogens (tertiary/aromatic N) is 1. The minimum absolute atomic E-state index is 0.0972. The molecule has 0 unspecified atom stereocenters. The van der Waals surface area contributed by atoms with Crippen LogP contribution < -0.4 is 4.90 Å². The molecule has 50 heavy (non-hydrogen) atoms. The second-order valence-corrected chi connectivity index (χ2v) is 14.1. The van der Waals surface area contributed by atoms with Crippen molar-refractivity contribution in [2.45, 2.75) is 19.3 Å². The first kappa shape index (κ1) is 28.8. The molecule has 1 heteroatoms. The van der Waals surface area contributed by atoms with Gasteiger partial charge >= 0.3 is 0 Å². The normalized spacial score (nSPS) is 13.2. The molecular formula is C49H35N. The molecule has 10 rings (SSSR count). The van der Waals surface area contributed by atoms with Gasteiger partial charge in [-0.15, -0.1) is 0 Å². The molecule has 0 saturated heterocycles. The van der Waals surface area contributed by atoms with E-state index in [1.165, 1.54) is 87.8 Å². The molecule has 9 aromatic carbocycles. The van der Waals surface area contributed by atoms with Crippen LogP contribution in [0.1, 0.15) is 25.0 Å². The molecule has 0 radical (unpaired) electrons. The van der Waals surface area contributed by atoms with Gasteiger partial charge in [0.2, 0.25) is 0 Å². The molecule has 0 bridgehead atoms. The third-order valence-electron chi connectivity index (χ3n) is 11.0. The Morgan fingerprint density at radius 2 is 0.920 bits per heavy atom. The monoisotopic (exact) mass is 637 g/mol. The van der Waals surface area contributed by atoms with E-state index in [1.807, 2.05) is 0 Å². The number of hydrogen-bond donors (Lipinski definition) is 0. The van der Waals surface area contributed by atoms with Gasteiger partial charge in [-0.05, 0) is 95.9 Å². The van der Waals surface area contributed by atoms with Crippen LogP contribution in [0.5, 0.6) is 0 Å². The van der Waals surface area contributed by atoms with Gasteiger partial charge in [-0.25, -0.2) is 0 Å². The van der Waals surface area contributed by atoms with Crippen molar-refractivity contribution < 1.29 is 0 Å². The maximum atomic E-state index is 2.51. The lowest BCUT2D eigenvalue weighted by molar-refractivity contribution is 0.660. The lowest BCUT2D eigenvalue weighted by Gasteiger charge is -2.30. The summed E-state index contributed by atoms with van der Waals surface area (Å²) in [6, 6.07) is 65.0. The fraction of sp³-hybridized carbons (Fsp3) is 0.0612. The maximum Gasteiger partial charge on any atom is 0.0546 e. The number of benzene rings is 9. The van der Waals surface area contributed by atoms with Crippen molar-refractivity contribution in [3.8, 4) is 22.3 Å². The molecule has 0 spiro atoms. The van der Waals surface area contributed by atoms with Gasteiger partial charge in [-0.1, -0.05) is 159 Å². The molecule has 0 heterocycles. The lowest BCUT2D eigenvalue weighted by atomic mass is 9.82. The fourth-order valence-electron chi connectivity index (χ4n) is 8.63. The Bertz CT molecular complexity index is 2790. The van der Waals surface area contributed by atoms with Gasteiger partial charge in [0.25, 0.3) is 0 Å². The number of fused-ring (bicyclic) bond motifs is 9. The maximum absolute atomic E-state index is 2.51. The van der Waals surface area contributed by atoms with Gasteiger partial charge in [0.1, 0.15) is 0 Å². The predicted molar refractivity (Wildman–Crippen MR) is 214 cm³/mol. The van der Waals surface area contributed by atoms with E-state index in [0.717, 1.165) is 5.69 Å². The van der Waals surface area contributed by atoms with E-state index in [-0.39, 0.29) is 5.41 Å². The fourth-order valence-corrected chi connectivity index (χ4v) is 8.63. The van der Waals surface area contributed by atoms with Crippen molar-refractivity contribution in [3.63, 3.8) is 0 Å². The van der Waals surface area contributed by atoms with E-state index >= 15 is 0 Å². The summed E-state index contributed by atoms with van der Waals surface area (Å²) in [5.74, 6) is 0. The highest BCUT2D eigenvalue weighted by atomic mass is 15.1. The summed E-state index contributed by atoms with van der Waals surface area (Å²) < 4.78 is 0. The van der Waals surface area contributed by atoms with E-state index in [0.29, 0.717) is 0 Å². The van der Waals surface area contributed by atoms with E-state index in [1.54, 1.807) is 0 Å². The van der Waals surface area contributed by atoms with Gasteiger partial charge in [0.15, 0.2) is 0 Å². The molecule has 0 fully saturated rings. The van der Waals surface area contributed by atoms with Crippen LogP contribution in [0.4, 0.5) is 17.1 Å². The SMILES string of the molecule is CC1(C)c2ccccc2-c2c(N(c3ccc(-c4cc5ccccc5c5ccccc45)cc3)c3cc4ccccc4c4ccccc34)cccc21. The van der Waals surface area contributed by atoms with Crippen molar-refractivity contribution in [2.75, 3.05) is 4.90 Å². The molecular weight excluding hydrogens is 603 g/mol. The van der Waals surface area contributed by atoms with Gasteiger partial charge in [0.05, 0.1) is 11.4 Å². The molecule has 0 aromatic heterocycles. The Morgan fingerprint density at radius 3 is 1.64 bits per heavy atom. The van der Waals surface area contributed by atoms with Gasteiger partial charge in [-0.3, -0.25) is 0 Å². The quantitative estimate of drug-likeness (QED) is 0.174. The van der Waals surface area contributed by atoms with Crippen molar-refractivity contribution in [3.05, 3.63) is 187 Å². The molecule has 9 aromatic rings. The first-order chi connectivity index (χ1) is 24.6. The van der Waals surface area contributed by atoms with Gasteiger partial charge in [0, 0.05) is 22.1 Å². The number of rotatable bonds is 4. The zero-order valence-corrected chi connectivity index (χ0v) is 28.2. The van der Waals surface area contributed by atoms with E-state index in [4.69, 9.17) is 0 Å². The van der Waals surface area contributed by atoms with Crippen LogP contribution >= 0.6 is 0 Å². The lowest BCUT2D eigenvalue weighted by Crippen LogP contribution is -2.16. The Kier molecular flexibility index (Phi) is 6.29. The van der Waals surface area contributed by atoms with Crippen molar-refractivity contribution in [2.24, 2.45) is 0 Å². The summed E-state index contributed by atoms with van der Waals surface area (Å²) in [6.07, 6.45) is 0. The molecule has 1 aliphatic carbocycles. The summed E-state index contributed by atoms with van der Waals surface area (Å²) in [5, 5.41) is 10.1. The zero-order chi connectivity index (χ0) is 33.4. The van der Waals surface area contributed by atoms with Crippen molar-refractivity contribution in [1.82, 2.24) is 0 Å². The van der Waals surface area contributed by atoms with Crippen LogP contribution in [0.3, 0.4) is 0 Å². The Morgan fingerprint density at radius 1 is 0.380 bits per heavy atom. The second kappa shape index (κ2) is 10.9. The second-order valence-electron chi connectivity index (χ2n) is 14.1. The molecule has 0 atom stereocenters. The minimum Gasteiger partial charge on any atom is -0.309 e. The largest absolute Gasteiger partial charge is 0.309 e. The highest BCUT2D eigenvalue weighted by molar-refractivity contribution is 6.16. The van der Waals surface area contributed by atoms with Gasteiger partial charge in [-0.2, -0.15) is 0 Å². The molecule has 0 aliphatic heterocycles. The van der Waals surface area contributed by atoms with E-state index in [2.05, 4.69) is 195 Å². The van der Waals surface area contributed by atoms with E-state index in [9.17, 15) is 0 Å². The molecule has 0 saturated carbocycles. The van der Waals surface area contributed by atoms with Crippen LogP contribution in [-0.4, -0.2) is 0 Å². The smallest absolute Gasteiger partial charge is 0.0546 e. The van der Waals surface area contributed by atoms with Crippen molar-refractivity contribution >= 4 is 60.2 Å². The van der Waals surface area contributed by atoms with Crippen LogP contribution in [0.25, 0.3) is 65.3 Å². The highest BCUT2D eigenvalue weighted by Crippen LogP contribution is 2.55. The average molecular weight is 638 g/mol. The van der Waals surface area contributed by atoms with E-state index < -0.39 is 0 Å². The van der Waals surface area contributed by atoms with Crippen LogP contribution in [0.2, 0.25) is 0 Å². The first-order valence-corrected chi connectivity index (χ1v) is 17.5. The average Bonchev–Trinajstić information content (AvgIpc) is 3.41. The highest BCUT2D eigenvalue weighted by Gasteiger charge is 2.37. The summed E-state index contributed by atoms with van der Waals surface area (Å²) in [7, 11) is 0. The van der Waals surface area contributed by atoms with Crippen LogP contribution in [0, 0.1) is 0 Å². The number of hydrogen-bond acceptors (Lipinski definition) is 1. The number of anilines is 3. The first-order valence-electron chi connectivity index (χ1n) is 17.5. The summed E-state index contributed by atoms with van der Waals surface area (Å²) >= 11 is 0. The third kappa shape index (κ3) is 4.20. The zero-order valence-electron chi connectivity index (χ0n) is 28.2. The van der Waals surface area contributed by atoms with Crippen LogP contribution in [0.15, 0.2) is 176 Å². The molecule has 1 nitrogen and oxygen atoms in total. The Labute approximate surface area is 292 Å².